The molecule has 0 atom stereocenters. The number of thiazole rings is 1. The Labute approximate surface area is 144 Å². The summed E-state index contributed by atoms with van der Waals surface area (Å²) in [7, 11) is 0. The summed E-state index contributed by atoms with van der Waals surface area (Å²) in [6, 6.07) is 0. The van der Waals surface area contributed by atoms with E-state index in [9.17, 15) is 5.11 Å². The van der Waals surface area contributed by atoms with Crippen molar-refractivity contribution in [3.63, 3.8) is 0 Å². The van der Waals surface area contributed by atoms with Crippen LogP contribution >= 0.6 is 11.3 Å². The standard InChI is InChI=1S/C17H32N4OS/c1-6-17(7-2,12-22)11-20-16(18-8-3)19-9-15-21-14(10-23-15)13(4)5/h10,13,22H,6-9,11-12H2,1-5H3,(H2,18,19,20). The Balaban J connectivity index is 2.68. The Kier molecular flexibility index (Phi) is 8.55. The van der Waals surface area contributed by atoms with E-state index < -0.39 is 0 Å². The minimum atomic E-state index is -0.0812. The van der Waals surface area contributed by atoms with Crippen molar-refractivity contribution >= 4 is 17.3 Å². The molecule has 0 fully saturated rings. The highest BCUT2D eigenvalue weighted by atomic mass is 32.1. The Morgan fingerprint density at radius 1 is 1.30 bits per heavy atom. The topological polar surface area (TPSA) is 69.5 Å². The fourth-order valence-electron chi connectivity index (χ4n) is 2.20. The third-order valence-corrected chi connectivity index (χ3v) is 5.20. The lowest BCUT2D eigenvalue weighted by molar-refractivity contribution is 0.118. The van der Waals surface area contributed by atoms with Crippen LogP contribution in [0.5, 0.6) is 0 Å². The van der Waals surface area contributed by atoms with Crippen LogP contribution in [0.25, 0.3) is 0 Å². The molecule has 3 N–H and O–H groups in total. The molecular formula is C17H32N4OS. The lowest BCUT2D eigenvalue weighted by Crippen LogP contribution is -2.44. The normalized spacial score (nSPS) is 12.7. The van der Waals surface area contributed by atoms with Gasteiger partial charge in [-0.2, -0.15) is 0 Å². The predicted molar refractivity (Wildman–Crippen MR) is 99.1 cm³/mol. The summed E-state index contributed by atoms with van der Waals surface area (Å²) in [6.07, 6.45) is 1.88. The molecule has 0 saturated heterocycles. The average Bonchev–Trinajstić information content (AvgIpc) is 3.03. The van der Waals surface area contributed by atoms with Gasteiger partial charge < -0.3 is 15.7 Å². The van der Waals surface area contributed by atoms with Crippen molar-refractivity contribution < 1.29 is 5.11 Å². The molecule has 0 amide bonds. The summed E-state index contributed by atoms with van der Waals surface area (Å²) in [6.45, 7) is 12.9. The Morgan fingerprint density at radius 2 is 2.00 bits per heavy atom. The summed E-state index contributed by atoms with van der Waals surface area (Å²) in [5.41, 5.74) is 1.05. The average molecular weight is 341 g/mol. The first kappa shape index (κ1) is 19.9. The summed E-state index contributed by atoms with van der Waals surface area (Å²) in [4.78, 5) is 9.24. The van der Waals surface area contributed by atoms with Crippen molar-refractivity contribution in [2.75, 3.05) is 19.7 Å². The van der Waals surface area contributed by atoms with Gasteiger partial charge in [0.25, 0.3) is 0 Å². The van der Waals surface area contributed by atoms with E-state index in [2.05, 4.69) is 60.6 Å². The quantitative estimate of drug-likeness (QED) is 0.477. The molecule has 0 aliphatic rings. The fraction of sp³-hybridized carbons (Fsp3) is 0.765. The van der Waals surface area contributed by atoms with E-state index in [4.69, 9.17) is 0 Å². The van der Waals surface area contributed by atoms with Crippen LogP contribution in [0.4, 0.5) is 0 Å². The van der Waals surface area contributed by atoms with Gasteiger partial charge in [0.05, 0.1) is 18.8 Å². The molecule has 0 aliphatic carbocycles. The van der Waals surface area contributed by atoms with Gasteiger partial charge in [-0.05, 0) is 25.7 Å². The molecule has 0 unspecified atom stereocenters. The summed E-state index contributed by atoms with van der Waals surface area (Å²) >= 11 is 1.66. The van der Waals surface area contributed by atoms with Gasteiger partial charge in [-0.1, -0.05) is 27.7 Å². The zero-order chi connectivity index (χ0) is 17.3. The molecule has 1 aromatic heterocycles. The molecule has 1 rings (SSSR count). The highest BCUT2D eigenvalue weighted by Gasteiger charge is 2.25. The van der Waals surface area contributed by atoms with Crippen LogP contribution in [-0.4, -0.2) is 35.7 Å². The smallest absolute Gasteiger partial charge is 0.191 e. The van der Waals surface area contributed by atoms with E-state index in [1.54, 1.807) is 11.3 Å². The van der Waals surface area contributed by atoms with Gasteiger partial charge in [-0.15, -0.1) is 11.3 Å². The van der Waals surface area contributed by atoms with Crippen LogP contribution in [0.3, 0.4) is 0 Å². The molecule has 0 aliphatic heterocycles. The first-order valence-electron chi connectivity index (χ1n) is 8.57. The number of aliphatic imine (C=N–C) groups is 1. The zero-order valence-electron chi connectivity index (χ0n) is 15.1. The van der Waals surface area contributed by atoms with Crippen LogP contribution < -0.4 is 10.6 Å². The van der Waals surface area contributed by atoms with Crippen molar-refractivity contribution in [1.29, 1.82) is 0 Å². The van der Waals surface area contributed by atoms with Gasteiger partial charge in [-0.25, -0.2) is 9.98 Å². The number of hydrogen-bond acceptors (Lipinski definition) is 4. The second-order valence-corrected chi connectivity index (χ2v) is 7.18. The molecule has 23 heavy (non-hydrogen) atoms. The Hall–Kier alpha value is -1.14. The number of nitrogens with one attached hydrogen (secondary N) is 2. The zero-order valence-corrected chi connectivity index (χ0v) is 16.0. The predicted octanol–water partition coefficient (Wildman–Crippen LogP) is 3.12. The van der Waals surface area contributed by atoms with Crippen molar-refractivity contribution in [1.82, 2.24) is 15.6 Å². The molecule has 0 bridgehead atoms. The van der Waals surface area contributed by atoms with Gasteiger partial charge in [0.1, 0.15) is 5.01 Å². The van der Waals surface area contributed by atoms with Gasteiger partial charge in [0, 0.05) is 23.9 Å². The van der Waals surface area contributed by atoms with Gasteiger partial charge >= 0.3 is 0 Å². The molecule has 0 saturated carbocycles. The lowest BCUT2D eigenvalue weighted by Gasteiger charge is -2.30. The van der Waals surface area contributed by atoms with Crippen LogP contribution in [-0.2, 0) is 6.54 Å². The first-order chi connectivity index (χ1) is 11.0. The van der Waals surface area contributed by atoms with Gasteiger partial charge in [-0.3, -0.25) is 0 Å². The molecule has 1 aromatic rings. The van der Waals surface area contributed by atoms with E-state index in [1.807, 2.05) is 0 Å². The van der Waals surface area contributed by atoms with Crippen molar-refractivity contribution in [2.45, 2.75) is 59.9 Å². The number of guanidine groups is 1. The maximum Gasteiger partial charge on any atom is 0.191 e. The first-order valence-corrected chi connectivity index (χ1v) is 9.45. The minimum Gasteiger partial charge on any atom is -0.396 e. The third-order valence-electron chi connectivity index (χ3n) is 4.34. The lowest BCUT2D eigenvalue weighted by atomic mass is 9.83. The van der Waals surface area contributed by atoms with E-state index in [0.29, 0.717) is 12.5 Å². The molecule has 132 valence electrons. The van der Waals surface area contributed by atoms with Crippen LogP contribution in [0, 0.1) is 5.41 Å². The van der Waals surface area contributed by atoms with Crippen molar-refractivity contribution in [3.8, 4) is 0 Å². The van der Waals surface area contributed by atoms with Crippen LogP contribution in [0.1, 0.15) is 64.1 Å². The van der Waals surface area contributed by atoms with Crippen molar-refractivity contribution in [3.05, 3.63) is 16.1 Å². The number of nitrogens with zero attached hydrogens (tertiary/aromatic N) is 2. The monoisotopic (exact) mass is 340 g/mol. The summed E-state index contributed by atoms with van der Waals surface area (Å²) in [5.74, 6) is 1.24. The van der Waals surface area contributed by atoms with E-state index >= 15 is 0 Å². The molecule has 5 nitrogen and oxygen atoms in total. The molecule has 0 radical (unpaired) electrons. The highest BCUT2D eigenvalue weighted by molar-refractivity contribution is 7.09. The van der Waals surface area contributed by atoms with Gasteiger partial charge in [0.2, 0.25) is 0 Å². The SMILES string of the molecule is CCNC(=NCc1nc(C(C)C)cs1)NCC(CC)(CC)CO. The number of hydrogen-bond donors (Lipinski definition) is 3. The van der Waals surface area contributed by atoms with Gasteiger partial charge in [0.15, 0.2) is 5.96 Å². The summed E-state index contributed by atoms with van der Waals surface area (Å²) in [5, 5.41) is 19.4. The molecular weight excluding hydrogens is 308 g/mol. The maximum atomic E-state index is 9.67. The highest BCUT2D eigenvalue weighted by Crippen LogP contribution is 2.24. The molecule has 0 aromatic carbocycles. The minimum absolute atomic E-state index is 0.0812. The van der Waals surface area contributed by atoms with Crippen LogP contribution in [0.15, 0.2) is 10.4 Å². The number of rotatable bonds is 9. The maximum absolute atomic E-state index is 9.67. The second kappa shape index (κ2) is 9.88. The molecule has 0 spiro atoms. The number of aliphatic hydroxyl groups is 1. The number of aromatic nitrogens is 1. The van der Waals surface area contributed by atoms with Crippen molar-refractivity contribution in [2.24, 2.45) is 10.4 Å². The number of aliphatic hydroxyl groups excluding tert-OH is 1. The third kappa shape index (κ3) is 6.11. The second-order valence-electron chi connectivity index (χ2n) is 6.23. The van der Waals surface area contributed by atoms with Crippen LogP contribution in [0.2, 0.25) is 0 Å². The molecule has 6 heteroatoms. The van der Waals surface area contributed by atoms with E-state index in [-0.39, 0.29) is 12.0 Å². The molecule has 1 heterocycles. The fourth-order valence-corrected chi connectivity index (χ4v) is 3.08. The summed E-state index contributed by atoms with van der Waals surface area (Å²) < 4.78 is 0. The Morgan fingerprint density at radius 3 is 2.48 bits per heavy atom. The van der Waals surface area contributed by atoms with E-state index in [1.165, 1.54) is 0 Å². The largest absolute Gasteiger partial charge is 0.396 e. The Bertz CT molecular complexity index is 472. The van der Waals surface area contributed by atoms with E-state index in [0.717, 1.165) is 42.6 Å².